The third-order valence-electron chi connectivity index (χ3n) is 5.16. The number of carbonyl (C=O) groups is 3. The molecule has 2 aromatic carbocycles. The van der Waals surface area contributed by atoms with Crippen molar-refractivity contribution in [1.29, 1.82) is 0 Å². The number of nitrogens with zero attached hydrogens (tertiary/aromatic N) is 2. The standard InChI is InChI=1S/C23H20F3N3O6/c1-2-17(29-11-27-15-6-4-3-5-12(15)23(29)34)22(33)28-16(9-19(31)32)18(30)10-35-21-14(25)8-7-13(24)20(21)26/h3-8,11,16-17H,2,9-10H2,1H3,(H,28,33)(H,31,32)/t16?,17-/m0/s1. The van der Waals surface area contributed by atoms with Gasteiger partial charge in [-0.2, -0.15) is 4.39 Å². The zero-order chi connectivity index (χ0) is 25.7. The van der Waals surface area contributed by atoms with Gasteiger partial charge in [-0.05, 0) is 30.7 Å². The van der Waals surface area contributed by atoms with E-state index in [0.29, 0.717) is 17.6 Å². The van der Waals surface area contributed by atoms with Gasteiger partial charge in [0.25, 0.3) is 5.56 Å². The van der Waals surface area contributed by atoms with Crippen LogP contribution < -0.4 is 15.6 Å². The van der Waals surface area contributed by atoms with E-state index in [9.17, 15) is 32.3 Å². The third kappa shape index (κ3) is 5.65. The Morgan fingerprint density at radius 2 is 1.80 bits per heavy atom. The van der Waals surface area contributed by atoms with E-state index in [1.54, 1.807) is 25.1 Å². The topological polar surface area (TPSA) is 128 Å². The lowest BCUT2D eigenvalue weighted by Gasteiger charge is -2.22. The predicted octanol–water partition coefficient (Wildman–Crippen LogP) is 2.37. The van der Waals surface area contributed by atoms with Crippen LogP contribution in [0.2, 0.25) is 0 Å². The minimum absolute atomic E-state index is 0.0932. The number of benzene rings is 2. The van der Waals surface area contributed by atoms with Crippen molar-refractivity contribution in [3.63, 3.8) is 0 Å². The molecule has 12 heteroatoms. The number of hydrogen-bond acceptors (Lipinski definition) is 6. The van der Waals surface area contributed by atoms with Gasteiger partial charge in [0.1, 0.15) is 18.7 Å². The molecule has 0 aliphatic heterocycles. The molecule has 2 atom stereocenters. The van der Waals surface area contributed by atoms with E-state index in [1.807, 2.05) is 0 Å². The largest absolute Gasteiger partial charge is 0.481 e. The summed E-state index contributed by atoms with van der Waals surface area (Å²) >= 11 is 0. The summed E-state index contributed by atoms with van der Waals surface area (Å²) < 4.78 is 46.7. The van der Waals surface area contributed by atoms with E-state index >= 15 is 0 Å². The number of halogens is 3. The number of aromatic nitrogens is 2. The lowest BCUT2D eigenvalue weighted by atomic mass is 10.1. The summed E-state index contributed by atoms with van der Waals surface area (Å²) in [4.78, 5) is 53.7. The lowest BCUT2D eigenvalue weighted by Crippen LogP contribution is -2.48. The molecule has 0 aliphatic carbocycles. The van der Waals surface area contributed by atoms with Crippen LogP contribution in [0.4, 0.5) is 13.2 Å². The second-order valence-electron chi connectivity index (χ2n) is 7.48. The van der Waals surface area contributed by atoms with Gasteiger partial charge in [0.05, 0.1) is 23.7 Å². The quantitative estimate of drug-likeness (QED) is 0.417. The van der Waals surface area contributed by atoms with Gasteiger partial charge in [-0.3, -0.25) is 23.7 Å². The molecule has 1 aromatic heterocycles. The van der Waals surface area contributed by atoms with Crippen LogP contribution >= 0.6 is 0 Å². The van der Waals surface area contributed by atoms with E-state index < -0.39 is 71.5 Å². The van der Waals surface area contributed by atoms with Gasteiger partial charge in [-0.25, -0.2) is 13.8 Å². The maximum Gasteiger partial charge on any atom is 0.305 e. The van der Waals surface area contributed by atoms with Gasteiger partial charge in [-0.1, -0.05) is 19.1 Å². The van der Waals surface area contributed by atoms with E-state index in [1.165, 1.54) is 12.4 Å². The number of ketones is 1. The summed E-state index contributed by atoms with van der Waals surface area (Å²) in [6.45, 7) is 0.544. The summed E-state index contributed by atoms with van der Waals surface area (Å²) in [6, 6.07) is 4.80. The normalized spacial score (nSPS) is 12.7. The fourth-order valence-corrected chi connectivity index (χ4v) is 3.39. The van der Waals surface area contributed by atoms with E-state index in [2.05, 4.69) is 10.3 Å². The Morgan fingerprint density at radius 3 is 2.49 bits per heavy atom. The van der Waals surface area contributed by atoms with Crippen LogP contribution in [0.1, 0.15) is 25.8 Å². The SMILES string of the molecule is CC[C@@H](C(=O)NC(CC(=O)O)C(=O)COc1c(F)ccc(F)c1F)n1cnc2ccccc2c1=O. The first kappa shape index (κ1) is 25.4. The number of Topliss-reactive ketones (excluding diaryl/α,β-unsaturated/α-hetero) is 1. The number of hydrogen-bond donors (Lipinski definition) is 2. The maximum absolute atomic E-state index is 13.8. The Balaban J connectivity index is 1.81. The molecule has 0 spiro atoms. The Labute approximate surface area is 196 Å². The lowest BCUT2D eigenvalue weighted by molar-refractivity contribution is -0.140. The van der Waals surface area contributed by atoms with Gasteiger partial charge >= 0.3 is 5.97 Å². The molecule has 0 bridgehead atoms. The highest BCUT2D eigenvalue weighted by Gasteiger charge is 2.29. The number of fused-ring (bicyclic) bond motifs is 1. The Kier molecular flexibility index (Phi) is 7.84. The Hall–Kier alpha value is -4.22. The molecule has 3 rings (SSSR count). The van der Waals surface area contributed by atoms with Crippen molar-refractivity contribution >= 4 is 28.6 Å². The second-order valence-corrected chi connectivity index (χ2v) is 7.48. The molecule has 0 aliphatic rings. The number of amides is 1. The minimum Gasteiger partial charge on any atom is -0.481 e. The zero-order valence-electron chi connectivity index (χ0n) is 18.3. The van der Waals surface area contributed by atoms with Crippen LogP contribution in [-0.2, 0) is 14.4 Å². The average Bonchev–Trinajstić information content (AvgIpc) is 2.82. The first-order valence-corrected chi connectivity index (χ1v) is 10.4. The first-order valence-electron chi connectivity index (χ1n) is 10.4. The smallest absolute Gasteiger partial charge is 0.305 e. The molecule has 184 valence electrons. The molecule has 0 fully saturated rings. The molecule has 1 heterocycles. The van der Waals surface area contributed by atoms with Crippen molar-refractivity contribution in [2.45, 2.75) is 31.8 Å². The highest BCUT2D eigenvalue weighted by Crippen LogP contribution is 2.23. The molecule has 1 amide bonds. The molecule has 1 unspecified atom stereocenters. The van der Waals surface area contributed by atoms with Crippen LogP contribution in [0.15, 0.2) is 47.5 Å². The highest BCUT2D eigenvalue weighted by atomic mass is 19.2. The molecular formula is C23H20F3N3O6. The summed E-state index contributed by atoms with van der Waals surface area (Å²) in [6.07, 6.45) is 0.393. The van der Waals surface area contributed by atoms with Gasteiger partial charge < -0.3 is 15.2 Å². The molecule has 35 heavy (non-hydrogen) atoms. The number of ether oxygens (including phenoxy) is 1. The molecule has 0 saturated carbocycles. The van der Waals surface area contributed by atoms with E-state index in [0.717, 1.165) is 4.57 Å². The minimum atomic E-state index is -1.66. The molecule has 3 aromatic rings. The highest BCUT2D eigenvalue weighted by molar-refractivity contribution is 5.93. The zero-order valence-corrected chi connectivity index (χ0v) is 18.3. The molecule has 0 saturated heterocycles. The summed E-state index contributed by atoms with van der Waals surface area (Å²) in [5.41, 5.74) is -0.101. The summed E-state index contributed by atoms with van der Waals surface area (Å²) in [5, 5.41) is 11.7. The second kappa shape index (κ2) is 10.8. The summed E-state index contributed by atoms with van der Waals surface area (Å²) in [7, 11) is 0. The monoisotopic (exact) mass is 491 g/mol. The van der Waals surface area contributed by atoms with Crippen molar-refractivity contribution in [1.82, 2.24) is 14.9 Å². The van der Waals surface area contributed by atoms with Crippen molar-refractivity contribution in [2.75, 3.05) is 6.61 Å². The fourth-order valence-electron chi connectivity index (χ4n) is 3.39. The van der Waals surface area contributed by atoms with Crippen LogP contribution in [0.25, 0.3) is 10.9 Å². The molecule has 0 radical (unpaired) electrons. The van der Waals surface area contributed by atoms with Crippen molar-refractivity contribution in [3.05, 3.63) is 70.5 Å². The molecule has 9 nitrogen and oxygen atoms in total. The van der Waals surface area contributed by atoms with Gasteiger partial charge in [0.15, 0.2) is 23.2 Å². The molecular weight excluding hydrogens is 471 g/mol. The van der Waals surface area contributed by atoms with E-state index in [4.69, 9.17) is 9.84 Å². The van der Waals surface area contributed by atoms with Gasteiger partial charge in [-0.15, -0.1) is 0 Å². The number of carboxylic acids is 1. The third-order valence-corrected chi connectivity index (χ3v) is 5.16. The van der Waals surface area contributed by atoms with Crippen LogP contribution in [0, 0.1) is 17.5 Å². The number of aliphatic carboxylic acids is 1. The van der Waals surface area contributed by atoms with Crippen molar-refractivity contribution in [2.24, 2.45) is 0 Å². The maximum atomic E-state index is 13.8. The first-order chi connectivity index (χ1) is 16.6. The molecule has 2 N–H and O–H groups in total. The number of carbonyl (C=O) groups excluding carboxylic acids is 2. The average molecular weight is 491 g/mol. The summed E-state index contributed by atoms with van der Waals surface area (Å²) in [5.74, 6) is -8.85. The van der Waals surface area contributed by atoms with Crippen LogP contribution in [0.5, 0.6) is 5.75 Å². The number of para-hydroxylation sites is 1. The van der Waals surface area contributed by atoms with Gasteiger partial charge in [0, 0.05) is 0 Å². The number of rotatable bonds is 10. The van der Waals surface area contributed by atoms with Crippen LogP contribution in [0.3, 0.4) is 0 Å². The Bertz CT molecular complexity index is 1340. The van der Waals surface area contributed by atoms with E-state index in [-0.39, 0.29) is 11.8 Å². The number of nitrogens with one attached hydrogen (secondary N) is 1. The Morgan fingerprint density at radius 1 is 1.11 bits per heavy atom. The predicted molar refractivity (Wildman–Crippen MR) is 116 cm³/mol. The van der Waals surface area contributed by atoms with Gasteiger partial charge in [0.2, 0.25) is 11.7 Å². The van der Waals surface area contributed by atoms with Crippen LogP contribution in [-0.4, -0.2) is 45.0 Å². The fraction of sp³-hybridized carbons (Fsp3) is 0.261. The van der Waals surface area contributed by atoms with Crippen molar-refractivity contribution in [3.8, 4) is 5.75 Å². The number of carboxylic acid groups (broad SMARTS) is 1. The van der Waals surface area contributed by atoms with Crippen molar-refractivity contribution < 1.29 is 37.4 Å².